The third-order valence-corrected chi connectivity index (χ3v) is 3.52. The summed E-state index contributed by atoms with van der Waals surface area (Å²) < 4.78 is 13.5. The van der Waals surface area contributed by atoms with E-state index in [1.54, 1.807) is 31.2 Å². The molecule has 0 fully saturated rings. The van der Waals surface area contributed by atoms with Crippen LogP contribution in [0.3, 0.4) is 0 Å². The molecule has 0 bridgehead atoms. The van der Waals surface area contributed by atoms with Crippen LogP contribution in [0.2, 0.25) is 10.0 Å². The van der Waals surface area contributed by atoms with E-state index in [0.717, 1.165) is 6.07 Å². The van der Waals surface area contributed by atoms with Crippen molar-refractivity contribution < 1.29 is 14.3 Å². The normalized spacial score (nSPS) is 12.0. The van der Waals surface area contributed by atoms with E-state index in [1.165, 1.54) is 6.07 Å². The largest absolute Gasteiger partial charge is 0.389 e. The number of hydrogen-bond acceptors (Lipinski definition) is 2. The highest BCUT2D eigenvalue weighted by atomic mass is 35.5. The molecule has 2 aromatic rings. The lowest BCUT2D eigenvalue weighted by Crippen LogP contribution is -2.14. The predicted octanol–water partition coefficient (Wildman–Crippen LogP) is 4.44. The maximum atomic E-state index is 13.5. The van der Waals surface area contributed by atoms with E-state index in [0.29, 0.717) is 11.3 Å². The lowest BCUT2D eigenvalue weighted by Gasteiger charge is -2.13. The minimum atomic E-state index is -0.751. The van der Waals surface area contributed by atoms with Gasteiger partial charge < -0.3 is 10.4 Å². The van der Waals surface area contributed by atoms with Gasteiger partial charge in [-0.25, -0.2) is 4.39 Å². The molecule has 0 aliphatic heterocycles. The molecule has 0 aliphatic carbocycles. The van der Waals surface area contributed by atoms with Gasteiger partial charge in [0.2, 0.25) is 0 Å². The number of carbonyl (C=O) groups is 1. The molecule has 2 aromatic carbocycles. The van der Waals surface area contributed by atoms with Crippen LogP contribution in [-0.2, 0) is 0 Å². The van der Waals surface area contributed by atoms with Crippen LogP contribution in [0.25, 0.3) is 0 Å². The average molecular weight is 328 g/mol. The van der Waals surface area contributed by atoms with Gasteiger partial charge in [-0.2, -0.15) is 0 Å². The summed E-state index contributed by atoms with van der Waals surface area (Å²) >= 11 is 11.5. The summed E-state index contributed by atoms with van der Waals surface area (Å²) in [5.41, 5.74) is 0.958. The van der Waals surface area contributed by atoms with Gasteiger partial charge in [-0.3, -0.25) is 4.79 Å². The zero-order valence-corrected chi connectivity index (χ0v) is 12.5. The Labute approximate surface area is 131 Å². The van der Waals surface area contributed by atoms with Gasteiger partial charge in [-0.05, 0) is 25.1 Å². The Morgan fingerprint density at radius 3 is 2.57 bits per heavy atom. The highest BCUT2D eigenvalue weighted by Gasteiger charge is 2.16. The SMILES string of the molecule is CC(O)c1ccccc1NC(=O)c1cc(F)c(Cl)cc1Cl. The summed E-state index contributed by atoms with van der Waals surface area (Å²) in [4.78, 5) is 12.2. The van der Waals surface area contributed by atoms with Crippen LogP contribution in [-0.4, -0.2) is 11.0 Å². The number of nitrogens with one attached hydrogen (secondary N) is 1. The molecule has 1 unspecified atom stereocenters. The second kappa shape index (κ2) is 6.43. The molecule has 0 spiro atoms. The summed E-state index contributed by atoms with van der Waals surface area (Å²) in [5.74, 6) is -1.31. The number of rotatable bonds is 3. The molecule has 110 valence electrons. The fraction of sp³-hybridized carbons (Fsp3) is 0.133. The monoisotopic (exact) mass is 327 g/mol. The molecule has 0 heterocycles. The van der Waals surface area contributed by atoms with Gasteiger partial charge in [0.25, 0.3) is 5.91 Å². The van der Waals surface area contributed by atoms with Crippen LogP contribution in [0.15, 0.2) is 36.4 Å². The highest BCUT2D eigenvalue weighted by Crippen LogP contribution is 2.27. The van der Waals surface area contributed by atoms with Crippen molar-refractivity contribution in [1.82, 2.24) is 0 Å². The van der Waals surface area contributed by atoms with Crippen molar-refractivity contribution in [3.05, 3.63) is 63.4 Å². The zero-order chi connectivity index (χ0) is 15.6. The summed E-state index contributed by atoms with van der Waals surface area (Å²) in [7, 11) is 0. The molecule has 1 atom stereocenters. The van der Waals surface area contributed by atoms with E-state index in [9.17, 15) is 14.3 Å². The average Bonchev–Trinajstić information content (AvgIpc) is 2.43. The predicted molar refractivity (Wildman–Crippen MR) is 81.4 cm³/mol. The fourth-order valence-electron chi connectivity index (χ4n) is 1.86. The molecule has 0 radical (unpaired) electrons. The van der Waals surface area contributed by atoms with Gasteiger partial charge in [-0.1, -0.05) is 41.4 Å². The van der Waals surface area contributed by atoms with Crippen molar-refractivity contribution in [2.24, 2.45) is 0 Å². The van der Waals surface area contributed by atoms with Crippen molar-refractivity contribution >= 4 is 34.8 Å². The molecule has 3 nitrogen and oxygen atoms in total. The Kier molecular flexibility index (Phi) is 4.83. The van der Waals surface area contributed by atoms with Gasteiger partial charge in [0.15, 0.2) is 0 Å². The molecule has 0 aromatic heterocycles. The standard InChI is InChI=1S/C15H12Cl2FNO2/c1-8(20)9-4-2-3-5-14(9)19-15(21)10-6-13(18)12(17)7-11(10)16/h2-8,20H,1H3,(H,19,21). The first-order chi connectivity index (χ1) is 9.90. The Balaban J connectivity index is 2.33. The smallest absolute Gasteiger partial charge is 0.257 e. The van der Waals surface area contributed by atoms with Gasteiger partial charge >= 0.3 is 0 Å². The van der Waals surface area contributed by atoms with E-state index in [2.05, 4.69) is 5.32 Å². The van der Waals surface area contributed by atoms with Gasteiger partial charge in [0.05, 0.1) is 21.7 Å². The van der Waals surface area contributed by atoms with E-state index < -0.39 is 17.8 Å². The van der Waals surface area contributed by atoms with Crippen LogP contribution in [0.4, 0.5) is 10.1 Å². The van der Waals surface area contributed by atoms with Crippen molar-refractivity contribution in [3.63, 3.8) is 0 Å². The third-order valence-electron chi connectivity index (χ3n) is 2.91. The Morgan fingerprint density at radius 2 is 1.90 bits per heavy atom. The maximum absolute atomic E-state index is 13.5. The van der Waals surface area contributed by atoms with Crippen molar-refractivity contribution in [3.8, 4) is 0 Å². The zero-order valence-electron chi connectivity index (χ0n) is 11.0. The lowest BCUT2D eigenvalue weighted by atomic mass is 10.1. The lowest BCUT2D eigenvalue weighted by molar-refractivity contribution is 0.102. The Morgan fingerprint density at radius 1 is 1.24 bits per heavy atom. The van der Waals surface area contributed by atoms with Gasteiger partial charge in [0, 0.05) is 11.3 Å². The maximum Gasteiger partial charge on any atom is 0.257 e. The minimum Gasteiger partial charge on any atom is -0.389 e. The second-order valence-electron chi connectivity index (χ2n) is 4.46. The Bertz CT molecular complexity index is 689. The molecule has 0 saturated carbocycles. The number of aliphatic hydroxyl groups excluding tert-OH is 1. The first kappa shape index (κ1) is 15.8. The van der Waals surface area contributed by atoms with Crippen molar-refractivity contribution in [1.29, 1.82) is 0 Å². The van der Waals surface area contributed by atoms with E-state index in [4.69, 9.17) is 23.2 Å². The fourth-order valence-corrected chi connectivity index (χ4v) is 2.33. The minimum absolute atomic E-state index is 0.0287. The molecule has 2 rings (SSSR count). The molecule has 2 N–H and O–H groups in total. The van der Waals surface area contributed by atoms with Crippen LogP contribution in [0.5, 0.6) is 0 Å². The number of amides is 1. The number of aliphatic hydroxyl groups is 1. The first-order valence-electron chi connectivity index (χ1n) is 6.13. The molecule has 6 heteroatoms. The topological polar surface area (TPSA) is 49.3 Å². The van der Waals surface area contributed by atoms with E-state index >= 15 is 0 Å². The quantitative estimate of drug-likeness (QED) is 0.819. The summed E-state index contributed by atoms with van der Waals surface area (Å²) in [6.45, 7) is 1.58. The van der Waals surface area contributed by atoms with Crippen LogP contribution in [0.1, 0.15) is 28.9 Å². The number of para-hydroxylation sites is 1. The highest BCUT2D eigenvalue weighted by molar-refractivity contribution is 6.37. The summed E-state index contributed by atoms with van der Waals surface area (Å²) in [6, 6.07) is 8.93. The van der Waals surface area contributed by atoms with Crippen molar-refractivity contribution in [2.75, 3.05) is 5.32 Å². The van der Waals surface area contributed by atoms with Gasteiger partial charge in [-0.15, -0.1) is 0 Å². The molecule has 1 amide bonds. The van der Waals surface area contributed by atoms with Crippen LogP contribution in [0, 0.1) is 5.82 Å². The van der Waals surface area contributed by atoms with Gasteiger partial charge in [0.1, 0.15) is 5.82 Å². The first-order valence-corrected chi connectivity index (χ1v) is 6.88. The third kappa shape index (κ3) is 3.53. The van der Waals surface area contributed by atoms with Crippen LogP contribution >= 0.6 is 23.2 Å². The number of hydrogen-bond donors (Lipinski definition) is 2. The van der Waals surface area contributed by atoms with E-state index in [1.807, 2.05) is 0 Å². The summed E-state index contributed by atoms with van der Waals surface area (Å²) in [6.07, 6.45) is -0.751. The number of halogens is 3. The number of carbonyl (C=O) groups excluding carboxylic acids is 1. The van der Waals surface area contributed by atoms with Crippen LogP contribution < -0.4 is 5.32 Å². The Hall–Kier alpha value is -1.62. The molecular weight excluding hydrogens is 316 g/mol. The van der Waals surface area contributed by atoms with E-state index in [-0.39, 0.29) is 15.6 Å². The number of benzene rings is 2. The van der Waals surface area contributed by atoms with Crippen molar-refractivity contribution in [2.45, 2.75) is 13.0 Å². The number of anilines is 1. The second-order valence-corrected chi connectivity index (χ2v) is 5.28. The molecular formula is C15H12Cl2FNO2. The summed E-state index contributed by atoms with van der Waals surface area (Å²) in [5, 5.41) is 12.2. The molecule has 21 heavy (non-hydrogen) atoms. The molecule has 0 aliphatic rings. The molecule has 0 saturated heterocycles.